The van der Waals surface area contributed by atoms with Gasteiger partial charge in [-0.1, -0.05) is 23.7 Å². The first-order valence-electron chi connectivity index (χ1n) is 8.15. The predicted molar refractivity (Wildman–Crippen MR) is 113 cm³/mol. The lowest BCUT2D eigenvalue weighted by Gasteiger charge is -2.10. The molecule has 0 saturated heterocycles. The van der Waals surface area contributed by atoms with E-state index in [2.05, 4.69) is 10.6 Å². The first-order valence-corrected chi connectivity index (χ1v) is 8.94. The molecule has 30 heavy (non-hydrogen) atoms. The highest BCUT2D eigenvalue weighted by Crippen LogP contribution is 2.27. The smallest absolute Gasteiger partial charge is 0.293 e. The number of nitrogens with zero attached hydrogens (tertiary/aromatic N) is 2. The second-order valence-corrected chi connectivity index (χ2v) is 6.62. The van der Waals surface area contributed by atoms with Crippen molar-refractivity contribution in [3.8, 4) is 11.3 Å². The summed E-state index contributed by atoms with van der Waals surface area (Å²) in [6.45, 7) is 0. The lowest BCUT2D eigenvalue weighted by Crippen LogP contribution is -2.34. The molecule has 0 aliphatic carbocycles. The van der Waals surface area contributed by atoms with E-state index in [4.69, 9.17) is 28.2 Å². The summed E-state index contributed by atoms with van der Waals surface area (Å²) in [6, 6.07) is 12.3. The maximum Gasteiger partial charge on any atom is 0.293 e. The summed E-state index contributed by atoms with van der Waals surface area (Å²) < 4.78 is 5.45. The molecule has 0 saturated carbocycles. The Morgan fingerprint density at radius 1 is 1.00 bits per heavy atom. The Morgan fingerprint density at radius 2 is 1.70 bits per heavy atom. The van der Waals surface area contributed by atoms with E-state index < -0.39 is 15.8 Å². The molecule has 0 unspecified atom stereocenters. The molecule has 0 fully saturated rings. The predicted octanol–water partition coefficient (Wildman–Crippen LogP) is 4.54. The molecular weight excluding hydrogens is 436 g/mol. The number of benzene rings is 2. The van der Waals surface area contributed by atoms with Crippen LogP contribution in [0.15, 0.2) is 59.0 Å². The average Bonchev–Trinajstić information content (AvgIpc) is 3.20. The fourth-order valence-corrected chi connectivity index (χ4v) is 2.80. The number of hydrogen-bond acceptors (Lipinski definition) is 7. The van der Waals surface area contributed by atoms with Crippen LogP contribution in [0, 0.1) is 20.2 Å². The van der Waals surface area contributed by atoms with Crippen LogP contribution in [-0.4, -0.2) is 20.9 Å². The van der Waals surface area contributed by atoms with Crippen LogP contribution in [0.2, 0.25) is 5.02 Å². The van der Waals surface area contributed by atoms with Crippen LogP contribution in [-0.2, 0) is 0 Å². The fourth-order valence-electron chi connectivity index (χ4n) is 2.43. The van der Waals surface area contributed by atoms with Crippen molar-refractivity contribution >= 4 is 51.9 Å². The molecule has 0 aliphatic heterocycles. The van der Waals surface area contributed by atoms with Crippen molar-refractivity contribution in [1.82, 2.24) is 5.32 Å². The number of halogens is 1. The van der Waals surface area contributed by atoms with Gasteiger partial charge >= 0.3 is 0 Å². The van der Waals surface area contributed by atoms with Gasteiger partial charge in [0.2, 0.25) is 0 Å². The number of furan rings is 1. The number of thiocarbonyl (C=S) groups is 1. The molecule has 0 bridgehead atoms. The molecule has 0 aliphatic rings. The lowest BCUT2D eigenvalue weighted by molar-refractivity contribution is -0.385. The maximum absolute atomic E-state index is 12.3. The maximum atomic E-state index is 12.3. The normalized spacial score (nSPS) is 10.3. The Labute approximate surface area is 178 Å². The van der Waals surface area contributed by atoms with Crippen molar-refractivity contribution in [2.45, 2.75) is 0 Å². The molecule has 1 heterocycles. The van der Waals surface area contributed by atoms with Gasteiger partial charge in [0, 0.05) is 29.8 Å². The van der Waals surface area contributed by atoms with E-state index in [9.17, 15) is 25.0 Å². The minimum Gasteiger partial charge on any atom is -0.451 e. The standard InChI is InChI=1S/C18H11ClN4O6S/c19-13-5-4-12(23(27)28)9-14(13)20-18(30)21-17(24)16-7-6-15(29-16)10-2-1-3-11(8-10)22(25)26/h1-9H,(H2,20,21,24,30). The third-order valence-corrected chi connectivity index (χ3v) is 4.34. The van der Waals surface area contributed by atoms with Crippen LogP contribution in [0.3, 0.4) is 0 Å². The molecule has 2 aromatic carbocycles. The van der Waals surface area contributed by atoms with Crippen LogP contribution in [0.25, 0.3) is 11.3 Å². The van der Waals surface area contributed by atoms with Crippen LogP contribution in [0.4, 0.5) is 17.1 Å². The van der Waals surface area contributed by atoms with Gasteiger partial charge in [0.1, 0.15) is 5.76 Å². The van der Waals surface area contributed by atoms with Crippen LogP contribution >= 0.6 is 23.8 Å². The lowest BCUT2D eigenvalue weighted by atomic mass is 10.1. The zero-order chi connectivity index (χ0) is 21.8. The van der Waals surface area contributed by atoms with Crippen molar-refractivity contribution in [3.63, 3.8) is 0 Å². The highest BCUT2D eigenvalue weighted by Gasteiger charge is 2.17. The molecule has 12 heteroatoms. The zero-order valence-electron chi connectivity index (χ0n) is 14.8. The molecule has 1 amide bonds. The second kappa shape index (κ2) is 8.68. The van der Waals surface area contributed by atoms with Crippen molar-refractivity contribution in [3.05, 3.63) is 85.6 Å². The summed E-state index contributed by atoms with van der Waals surface area (Å²) in [5.74, 6) is -0.527. The summed E-state index contributed by atoms with van der Waals surface area (Å²) in [6.07, 6.45) is 0. The number of non-ortho nitro benzene ring substituents is 2. The van der Waals surface area contributed by atoms with Crippen LogP contribution < -0.4 is 10.6 Å². The van der Waals surface area contributed by atoms with Gasteiger partial charge in [-0.15, -0.1) is 0 Å². The second-order valence-electron chi connectivity index (χ2n) is 5.80. The minimum atomic E-state index is -0.689. The first-order chi connectivity index (χ1) is 14.2. The molecular formula is C18H11ClN4O6S. The number of hydrogen-bond donors (Lipinski definition) is 2. The number of carbonyl (C=O) groups excluding carboxylic acids is 1. The van der Waals surface area contributed by atoms with Gasteiger partial charge < -0.3 is 9.73 Å². The number of nitro groups is 2. The summed E-state index contributed by atoms with van der Waals surface area (Å²) in [4.78, 5) is 33.0. The molecule has 3 rings (SSSR count). The van der Waals surface area contributed by atoms with Crippen molar-refractivity contribution in [2.24, 2.45) is 0 Å². The Kier molecular flexibility index (Phi) is 6.04. The Balaban J connectivity index is 1.71. The number of rotatable bonds is 5. The van der Waals surface area contributed by atoms with E-state index in [1.165, 1.54) is 48.5 Å². The molecule has 2 N–H and O–H groups in total. The number of nitro benzene ring substituents is 2. The molecule has 0 radical (unpaired) electrons. The van der Waals surface area contributed by atoms with E-state index >= 15 is 0 Å². The highest BCUT2D eigenvalue weighted by molar-refractivity contribution is 7.80. The third-order valence-electron chi connectivity index (χ3n) is 3.81. The van der Waals surface area contributed by atoms with E-state index in [-0.39, 0.29) is 38.7 Å². The van der Waals surface area contributed by atoms with Gasteiger partial charge in [0.05, 0.1) is 20.6 Å². The van der Waals surface area contributed by atoms with Gasteiger partial charge in [-0.3, -0.25) is 30.3 Å². The van der Waals surface area contributed by atoms with Crippen LogP contribution in [0.5, 0.6) is 0 Å². The molecule has 0 spiro atoms. The minimum absolute atomic E-state index is 0.0919. The van der Waals surface area contributed by atoms with E-state index in [0.717, 1.165) is 0 Å². The highest BCUT2D eigenvalue weighted by atomic mass is 35.5. The van der Waals surface area contributed by atoms with Crippen molar-refractivity contribution < 1.29 is 19.1 Å². The Bertz CT molecular complexity index is 1180. The van der Waals surface area contributed by atoms with E-state index in [0.29, 0.717) is 5.56 Å². The molecule has 3 aromatic rings. The third kappa shape index (κ3) is 4.77. The van der Waals surface area contributed by atoms with Crippen molar-refractivity contribution in [2.75, 3.05) is 5.32 Å². The van der Waals surface area contributed by atoms with Gasteiger partial charge in [-0.25, -0.2) is 0 Å². The molecule has 1 aromatic heterocycles. The zero-order valence-corrected chi connectivity index (χ0v) is 16.4. The molecule has 10 nitrogen and oxygen atoms in total. The van der Waals surface area contributed by atoms with Gasteiger partial charge in [0.15, 0.2) is 10.9 Å². The monoisotopic (exact) mass is 446 g/mol. The topological polar surface area (TPSA) is 141 Å². The first kappa shape index (κ1) is 20.9. The van der Waals surface area contributed by atoms with Gasteiger partial charge in [0.25, 0.3) is 17.3 Å². The molecule has 0 atom stereocenters. The number of anilines is 1. The number of carbonyl (C=O) groups is 1. The van der Waals surface area contributed by atoms with Gasteiger partial charge in [-0.2, -0.15) is 0 Å². The fraction of sp³-hybridized carbons (Fsp3) is 0. The SMILES string of the molecule is O=C(NC(=S)Nc1cc([N+](=O)[O-])ccc1Cl)c1ccc(-c2cccc([N+](=O)[O-])c2)o1. The summed E-state index contributed by atoms with van der Waals surface area (Å²) in [5, 5.41) is 26.8. The quantitative estimate of drug-likeness (QED) is 0.330. The summed E-state index contributed by atoms with van der Waals surface area (Å²) in [5.41, 5.74) is 0.248. The Hall–Kier alpha value is -3.83. The average molecular weight is 447 g/mol. The number of nitrogens with one attached hydrogen (secondary N) is 2. The number of amides is 1. The molecule has 152 valence electrons. The summed E-state index contributed by atoms with van der Waals surface area (Å²) in [7, 11) is 0. The van der Waals surface area contributed by atoms with E-state index in [1.54, 1.807) is 6.07 Å². The van der Waals surface area contributed by atoms with Crippen molar-refractivity contribution in [1.29, 1.82) is 0 Å². The van der Waals surface area contributed by atoms with Crippen LogP contribution in [0.1, 0.15) is 10.6 Å². The van der Waals surface area contributed by atoms with Gasteiger partial charge in [-0.05, 0) is 30.4 Å². The van der Waals surface area contributed by atoms with E-state index in [1.807, 2.05) is 0 Å². The Morgan fingerprint density at radius 3 is 2.40 bits per heavy atom. The summed E-state index contributed by atoms with van der Waals surface area (Å²) >= 11 is 11.0. The largest absolute Gasteiger partial charge is 0.451 e.